The fourth-order valence-electron chi connectivity index (χ4n) is 3.14. The van der Waals surface area contributed by atoms with E-state index in [-0.39, 0.29) is 11.0 Å². The van der Waals surface area contributed by atoms with Crippen LogP contribution in [0.25, 0.3) is 0 Å². The van der Waals surface area contributed by atoms with E-state index in [1.54, 1.807) is 13.1 Å². The van der Waals surface area contributed by atoms with Crippen LogP contribution >= 0.6 is 0 Å². The minimum absolute atomic E-state index is 0.0900. The molecule has 0 unspecified atom stereocenters. The summed E-state index contributed by atoms with van der Waals surface area (Å²) < 4.78 is 0. The van der Waals surface area contributed by atoms with Gasteiger partial charge in [-0.3, -0.25) is 9.78 Å². The average Bonchev–Trinajstić information content (AvgIpc) is 2.71. The van der Waals surface area contributed by atoms with Crippen molar-refractivity contribution in [1.82, 2.24) is 9.97 Å². The maximum atomic E-state index is 11.4. The maximum absolute atomic E-state index is 11.4. The molecule has 0 saturated heterocycles. The second-order valence-corrected chi connectivity index (χ2v) is 6.38. The fraction of sp³-hybridized carbons (Fsp3) is 0.278. The number of H-pyrrole nitrogens is 1. The summed E-state index contributed by atoms with van der Waals surface area (Å²) in [6, 6.07) is 9.82. The molecular weight excluding hydrogens is 302 g/mol. The molecule has 1 aliphatic rings. The SMILES string of the molecule is Cc1cc(=O)[nH]c(N/N=C\C=C2/N(C)c3ccccc3C2(C)C)n1. The Balaban J connectivity index is 1.81. The van der Waals surface area contributed by atoms with Gasteiger partial charge in [0.2, 0.25) is 5.95 Å². The monoisotopic (exact) mass is 323 g/mol. The molecule has 1 aromatic heterocycles. The van der Waals surface area contributed by atoms with Gasteiger partial charge in [0, 0.05) is 41.8 Å². The highest BCUT2D eigenvalue weighted by Crippen LogP contribution is 2.46. The molecule has 2 aromatic rings. The Kier molecular flexibility index (Phi) is 3.97. The molecule has 3 rings (SSSR count). The van der Waals surface area contributed by atoms with Gasteiger partial charge >= 0.3 is 0 Å². The van der Waals surface area contributed by atoms with E-state index in [9.17, 15) is 4.79 Å². The summed E-state index contributed by atoms with van der Waals surface area (Å²) >= 11 is 0. The molecule has 0 fully saturated rings. The third-order valence-corrected chi connectivity index (χ3v) is 4.29. The van der Waals surface area contributed by atoms with Crippen LogP contribution in [0.3, 0.4) is 0 Å². The number of hydrogen-bond acceptors (Lipinski definition) is 5. The molecule has 0 saturated carbocycles. The number of nitrogens with zero attached hydrogens (tertiary/aromatic N) is 3. The van der Waals surface area contributed by atoms with Gasteiger partial charge in [0.15, 0.2) is 0 Å². The van der Waals surface area contributed by atoms with Gasteiger partial charge in [0.05, 0.1) is 0 Å². The molecule has 124 valence electrons. The van der Waals surface area contributed by atoms with E-state index in [0.29, 0.717) is 11.6 Å². The van der Waals surface area contributed by atoms with E-state index in [1.807, 2.05) is 12.1 Å². The van der Waals surface area contributed by atoms with Crippen molar-refractivity contribution in [2.24, 2.45) is 5.10 Å². The molecule has 0 aliphatic carbocycles. The van der Waals surface area contributed by atoms with Gasteiger partial charge in [-0.05, 0) is 24.6 Å². The summed E-state index contributed by atoms with van der Waals surface area (Å²) in [7, 11) is 2.06. The number of fused-ring (bicyclic) bond motifs is 1. The van der Waals surface area contributed by atoms with Crippen LogP contribution in [0.4, 0.5) is 11.6 Å². The first-order valence-electron chi connectivity index (χ1n) is 7.80. The number of hydrogen-bond donors (Lipinski definition) is 2. The van der Waals surface area contributed by atoms with Gasteiger partial charge in [-0.2, -0.15) is 5.10 Å². The van der Waals surface area contributed by atoms with Crippen LogP contribution in [-0.4, -0.2) is 23.2 Å². The molecule has 6 nitrogen and oxygen atoms in total. The van der Waals surface area contributed by atoms with Crippen molar-refractivity contribution in [2.75, 3.05) is 17.4 Å². The summed E-state index contributed by atoms with van der Waals surface area (Å²) in [5.74, 6) is 0.331. The van der Waals surface area contributed by atoms with E-state index in [2.05, 4.69) is 64.5 Å². The van der Waals surface area contributed by atoms with E-state index in [0.717, 1.165) is 5.70 Å². The molecule has 2 N–H and O–H groups in total. The number of aryl methyl sites for hydroxylation is 1. The maximum Gasteiger partial charge on any atom is 0.252 e. The molecule has 0 spiro atoms. The number of nitrogens with one attached hydrogen (secondary N) is 2. The Morgan fingerprint density at radius 3 is 2.79 bits per heavy atom. The van der Waals surface area contributed by atoms with E-state index >= 15 is 0 Å². The smallest absolute Gasteiger partial charge is 0.252 e. The van der Waals surface area contributed by atoms with Crippen LogP contribution in [0.5, 0.6) is 0 Å². The number of rotatable bonds is 3. The molecule has 6 heteroatoms. The quantitative estimate of drug-likeness (QED) is 0.673. The van der Waals surface area contributed by atoms with E-state index < -0.39 is 0 Å². The highest BCUT2D eigenvalue weighted by Gasteiger charge is 2.37. The number of benzene rings is 1. The summed E-state index contributed by atoms with van der Waals surface area (Å²) in [6.45, 7) is 6.16. The number of likely N-dealkylation sites (N-methyl/N-ethyl adjacent to an activating group) is 1. The van der Waals surface area contributed by atoms with Crippen LogP contribution in [-0.2, 0) is 5.41 Å². The predicted molar refractivity (Wildman–Crippen MR) is 97.7 cm³/mol. The zero-order valence-corrected chi connectivity index (χ0v) is 14.3. The minimum Gasteiger partial charge on any atom is -0.347 e. The average molecular weight is 323 g/mol. The van der Waals surface area contributed by atoms with Crippen molar-refractivity contribution in [3.63, 3.8) is 0 Å². The number of aromatic amines is 1. The second kappa shape index (κ2) is 5.96. The van der Waals surface area contributed by atoms with Crippen molar-refractivity contribution >= 4 is 17.9 Å². The van der Waals surface area contributed by atoms with E-state index in [4.69, 9.17) is 0 Å². The van der Waals surface area contributed by atoms with Gasteiger partial charge in [-0.25, -0.2) is 10.4 Å². The lowest BCUT2D eigenvalue weighted by Gasteiger charge is -2.23. The topological polar surface area (TPSA) is 73.4 Å². The number of para-hydroxylation sites is 1. The standard InChI is InChI=1S/C18H21N5O/c1-12-11-16(24)21-17(20-12)22-19-10-9-15-18(2,3)13-7-5-6-8-14(13)23(15)4/h5-11H,1-4H3,(H2,20,21,22,24)/b15-9-,19-10-. The molecule has 0 amide bonds. The Bertz CT molecular complexity index is 879. The number of hydrazone groups is 1. The zero-order chi connectivity index (χ0) is 17.3. The molecule has 0 bridgehead atoms. The Labute approximate surface area is 140 Å². The van der Waals surface area contributed by atoms with Crippen molar-refractivity contribution in [1.29, 1.82) is 0 Å². The first-order valence-corrected chi connectivity index (χ1v) is 7.80. The van der Waals surface area contributed by atoms with Crippen LogP contribution in [0.15, 0.2) is 52.0 Å². The molecule has 24 heavy (non-hydrogen) atoms. The molecule has 2 heterocycles. The van der Waals surface area contributed by atoms with Gasteiger partial charge in [0.1, 0.15) is 0 Å². The first-order chi connectivity index (χ1) is 11.4. The van der Waals surface area contributed by atoms with Crippen LogP contribution in [0, 0.1) is 6.92 Å². The van der Waals surface area contributed by atoms with Gasteiger partial charge in [0.25, 0.3) is 5.56 Å². The Morgan fingerprint density at radius 1 is 1.33 bits per heavy atom. The number of allylic oxidation sites excluding steroid dienone is 2. The third-order valence-electron chi connectivity index (χ3n) is 4.29. The lowest BCUT2D eigenvalue weighted by molar-refractivity contribution is 0.641. The van der Waals surface area contributed by atoms with Gasteiger partial charge in [-0.15, -0.1) is 0 Å². The summed E-state index contributed by atoms with van der Waals surface area (Å²) in [5, 5.41) is 4.14. The Hall–Kier alpha value is -2.89. The van der Waals surface area contributed by atoms with E-state index in [1.165, 1.54) is 17.3 Å². The largest absolute Gasteiger partial charge is 0.347 e. The third kappa shape index (κ3) is 2.82. The van der Waals surface area contributed by atoms with Crippen LogP contribution < -0.4 is 15.9 Å². The Morgan fingerprint density at radius 2 is 2.08 bits per heavy atom. The molecule has 1 aliphatic heterocycles. The van der Waals surface area contributed by atoms with Crippen LogP contribution in [0.1, 0.15) is 25.1 Å². The predicted octanol–water partition coefficient (Wildman–Crippen LogP) is 2.79. The summed E-state index contributed by atoms with van der Waals surface area (Å²) in [6.07, 6.45) is 3.66. The van der Waals surface area contributed by atoms with Gasteiger partial charge < -0.3 is 4.90 Å². The lowest BCUT2D eigenvalue weighted by atomic mass is 9.84. The molecule has 0 atom stereocenters. The van der Waals surface area contributed by atoms with Crippen molar-refractivity contribution in [2.45, 2.75) is 26.2 Å². The summed E-state index contributed by atoms with van der Waals surface area (Å²) in [5.41, 5.74) is 6.76. The minimum atomic E-state index is -0.203. The molecular formula is C18H21N5O. The van der Waals surface area contributed by atoms with Crippen LogP contribution in [0.2, 0.25) is 0 Å². The molecule has 1 aromatic carbocycles. The van der Waals surface area contributed by atoms with Gasteiger partial charge in [-0.1, -0.05) is 32.0 Å². The highest BCUT2D eigenvalue weighted by atomic mass is 16.1. The van der Waals surface area contributed by atoms with Crippen molar-refractivity contribution in [3.8, 4) is 0 Å². The first kappa shape index (κ1) is 16.0. The van der Waals surface area contributed by atoms with Crippen molar-refractivity contribution in [3.05, 3.63) is 63.7 Å². The number of anilines is 2. The fourth-order valence-corrected chi connectivity index (χ4v) is 3.14. The lowest BCUT2D eigenvalue weighted by Crippen LogP contribution is -2.23. The highest BCUT2D eigenvalue weighted by molar-refractivity contribution is 5.79. The number of aromatic nitrogens is 2. The second-order valence-electron chi connectivity index (χ2n) is 6.38. The van der Waals surface area contributed by atoms with Crippen molar-refractivity contribution < 1.29 is 0 Å². The molecule has 0 radical (unpaired) electrons. The normalized spacial score (nSPS) is 17.5. The zero-order valence-electron chi connectivity index (χ0n) is 14.3. The summed E-state index contributed by atoms with van der Waals surface area (Å²) in [4.78, 5) is 20.3.